The van der Waals surface area contributed by atoms with Gasteiger partial charge in [-0.25, -0.2) is 15.8 Å². The van der Waals surface area contributed by atoms with E-state index < -0.39 is 0 Å². The maximum atomic E-state index is 5.45. The Morgan fingerprint density at radius 2 is 1.94 bits per heavy atom. The Bertz CT molecular complexity index is 512. The smallest absolute Gasteiger partial charge is 0.163 e. The standard InChI is InChI=1S/C13H17N5/c1-3-18(2)12-9-11(17-14)15-13(16-12)10-7-5-4-6-8-10/h4-9H,3,14H2,1-2H3,(H,15,16,17). The molecule has 94 valence electrons. The number of anilines is 2. The molecule has 5 heteroatoms. The van der Waals surface area contributed by atoms with Gasteiger partial charge in [0.25, 0.3) is 0 Å². The molecule has 0 spiro atoms. The van der Waals surface area contributed by atoms with E-state index in [1.54, 1.807) is 0 Å². The Balaban J connectivity index is 2.48. The number of hydrogen-bond donors (Lipinski definition) is 2. The number of hydrazine groups is 1. The summed E-state index contributed by atoms with van der Waals surface area (Å²) >= 11 is 0. The molecule has 1 aromatic carbocycles. The van der Waals surface area contributed by atoms with Crippen LogP contribution in [0.1, 0.15) is 6.92 Å². The molecule has 2 aromatic rings. The van der Waals surface area contributed by atoms with Gasteiger partial charge in [-0.15, -0.1) is 0 Å². The van der Waals surface area contributed by atoms with E-state index in [9.17, 15) is 0 Å². The molecule has 0 unspecified atom stereocenters. The molecule has 3 N–H and O–H groups in total. The van der Waals surface area contributed by atoms with Gasteiger partial charge in [0.1, 0.15) is 11.6 Å². The first-order chi connectivity index (χ1) is 8.74. The molecule has 18 heavy (non-hydrogen) atoms. The van der Waals surface area contributed by atoms with E-state index in [0.29, 0.717) is 11.6 Å². The number of benzene rings is 1. The van der Waals surface area contributed by atoms with Gasteiger partial charge in [0.05, 0.1) is 0 Å². The molecule has 0 radical (unpaired) electrons. The van der Waals surface area contributed by atoms with Gasteiger partial charge in [-0.2, -0.15) is 0 Å². The van der Waals surface area contributed by atoms with Gasteiger partial charge in [-0.05, 0) is 6.92 Å². The van der Waals surface area contributed by atoms with Crippen LogP contribution in [0.4, 0.5) is 11.6 Å². The molecule has 0 atom stereocenters. The SMILES string of the molecule is CCN(C)c1cc(NN)nc(-c2ccccc2)n1. The fourth-order valence-electron chi connectivity index (χ4n) is 1.58. The number of hydrogen-bond acceptors (Lipinski definition) is 5. The average Bonchev–Trinajstić information content (AvgIpc) is 2.46. The molecule has 0 aliphatic rings. The molecular weight excluding hydrogens is 226 g/mol. The predicted octanol–water partition coefficient (Wildman–Crippen LogP) is 1.89. The van der Waals surface area contributed by atoms with Crippen LogP contribution in [0.15, 0.2) is 36.4 Å². The highest BCUT2D eigenvalue weighted by atomic mass is 15.3. The number of nitrogen functional groups attached to an aromatic ring is 1. The maximum Gasteiger partial charge on any atom is 0.163 e. The highest BCUT2D eigenvalue weighted by Gasteiger charge is 2.08. The lowest BCUT2D eigenvalue weighted by atomic mass is 10.2. The van der Waals surface area contributed by atoms with E-state index in [1.807, 2.05) is 48.3 Å². The van der Waals surface area contributed by atoms with Crippen LogP contribution in [0.5, 0.6) is 0 Å². The second kappa shape index (κ2) is 5.46. The molecule has 2 rings (SSSR count). The number of nitrogens with two attached hydrogens (primary N) is 1. The molecule has 0 bridgehead atoms. The summed E-state index contributed by atoms with van der Waals surface area (Å²) in [6.45, 7) is 2.94. The third kappa shape index (κ3) is 2.57. The van der Waals surface area contributed by atoms with Crippen LogP contribution in [-0.4, -0.2) is 23.6 Å². The Labute approximate surface area is 107 Å². The lowest BCUT2D eigenvalue weighted by Crippen LogP contribution is -2.19. The van der Waals surface area contributed by atoms with Crippen molar-refractivity contribution in [3.8, 4) is 11.4 Å². The lowest BCUT2D eigenvalue weighted by Gasteiger charge is -2.17. The fraction of sp³-hybridized carbons (Fsp3) is 0.231. The van der Waals surface area contributed by atoms with E-state index in [0.717, 1.165) is 17.9 Å². The number of nitrogens with zero attached hydrogens (tertiary/aromatic N) is 3. The van der Waals surface area contributed by atoms with Crippen molar-refractivity contribution in [1.82, 2.24) is 9.97 Å². The summed E-state index contributed by atoms with van der Waals surface area (Å²) < 4.78 is 0. The van der Waals surface area contributed by atoms with Gasteiger partial charge in [0.15, 0.2) is 5.82 Å². The highest BCUT2D eigenvalue weighted by molar-refractivity contribution is 5.61. The molecule has 1 heterocycles. The van der Waals surface area contributed by atoms with Crippen molar-refractivity contribution < 1.29 is 0 Å². The second-order valence-corrected chi connectivity index (χ2v) is 3.96. The highest BCUT2D eigenvalue weighted by Crippen LogP contribution is 2.21. The fourth-order valence-corrected chi connectivity index (χ4v) is 1.58. The van der Waals surface area contributed by atoms with E-state index in [4.69, 9.17) is 5.84 Å². The van der Waals surface area contributed by atoms with Crippen molar-refractivity contribution in [1.29, 1.82) is 0 Å². The number of nitrogens with one attached hydrogen (secondary N) is 1. The van der Waals surface area contributed by atoms with Gasteiger partial charge in [-0.1, -0.05) is 30.3 Å². The molecular formula is C13H17N5. The minimum atomic E-state index is 0.610. The van der Waals surface area contributed by atoms with Crippen LogP contribution in [0, 0.1) is 0 Å². The van der Waals surface area contributed by atoms with Crippen LogP contribution < -0.4 is 16.2 Å². The minimum absolute atomic E-state index is 0.610. The summed E-state index contributed by atoms with van der Waals surface area (Å²) in [6.07, 6.45) is 0. The van der Waals surface area contributed by atoms with Crippen LogP contribution in [0.25, 0.3) is 11.4 Å². The monoisotopic (exact) mass is 243 g/mol. The molecule has 0 saturated carbocycles. The largest absolute Gasteiger partial charge is 0.360 e. The first kappa shape index (κ1) is 12.3. The van der Waals surface area contributed by atoms with Crippen molar-refractivity contribution in [3.63, 3.8) is 0 Å². The van der Waals surface area contributed by atoms with Crippen LogP contribution in [0.3, 0.4) is 0 Å². The Hall–Kier alpha value is -2.14. The van der Waals surface area contributed by atoms with Gasteiger partial charge < -0.3 is 10.3 Å². The van der Waals surface area contributed by atoms with Crippen LogP contribution >= 0.6 is 0 Å². The topological polar surface area (TPSA) is 67.1 Å². The maximum absolute atomic E-state index is 5.45. The van der Waals surface area contributed by atoms with Crippen LogP contribution in [-0.2, 0) is 0 Å². The summed E-state index contributed by atoms with van der Waals surface area (Å²) in [6, 6.07) is 11.7. The quantitative estimate of drug-likeness (QED) is 0.634. The number of aromatic nitrogens is 2. The molecule has 0 saturated heterocycles. The lowest BCUT2D eigenvalue weighted by molar-refractivity contribution is 0.931. The summed E-state index contributed by atoms with van der Waals surface area (Å²) in [4.78, 5) is 10.9. The van der Waals surface area contributed by atoms with E-state index in [1.165, 1.54) is 0 Å². The average molecular weight is 243 g/mol. The first-order valence-corrected chi connectivity index (χ1v) is 5.87. The second-order valence-electron chi connectivity index (χ2n) is 3.96. The normalized spacial score (nSPS) is 10.2. The predicted molar refractivity (Wildman–Crippen MR) is 74.2 cm³/mol. The molecule has 0 aliphatic heterocycles. The van der Waals surface area contributed by atoms with Crippen LogP contribution in [0.2, 0.25) is 0 Å². The van der Waals surface area contributed by atoms with Gasteiger partial charge in [0, 0.05) is 25.2 Å². The zero-order chi connectivity index (χ0) is 13.0. The minimum Gasteiger partial charge on any atom is -0.360 e. The zero-order valence-electron chi connectivity index (χ0n) is 10.6. The molecule has 0 amide bonds. The third-order valence-electron chi connectivity index (χ3n) is 2.76. The summed E-state index contributed by atoms with van der Waals surface area (Å²) in [7, 11) is 1.98. The van der Waals surface area contributed by atoms with E-state index in [-0.39, 0.29) is 0 Å². The zero-order valence-corrected chi connectivity index (χ0v) is 10.6. The third-order valence-corrected chi connectivity index (χ3v) is 2.76. The van der Waals surface area contributed by atoms with E-state index in [2.05, 4.69) is 22.3 Å². The van der Waals surface area contributed by atoms with Crippen molar-refractivity contribution in [2.24, 2.45) is 5.84 Å². The molecule has 0 aliphatic carbocycles. The summed E-state index contributed by atoms with van der Waals surface area (Å²) in [5.41, 5.74) is 3.55. The molecule has 1 aromatic heterocycles. The number of rotatable bonds is 4. The summed E-state index contributed by atoms with van der Waals surface area (Å²) in [5.74, 6) is 7.57. The first-order valence-electron chi connectivity index (χ1n) is 5.87. The van der Waals surface area contributed by atoms with Gasteiger partial charge in [-0.3, -0.25) is 0 Å². The summed E-state index contributed by atoms with van der Waals surface area (Å²) in [5, 5.41) is 0. The van der Waals surface area contributed by atoms with Crippen molar-refractivity contribution in [2.75, 3.05) is 23.9 Å². The Morgan fingerprint density at radius 1 is 1.22 bits per heavy atom. The van der Waals surface area contributed by atoms with E-state index >= 15 is 0 Å². The van der Waals surface area contributed by atoms with Crippen molar-refractivity contribution in [3.05, 3.63) is 36.4 Å². The Morgan fingerprint density at radius 3 is 2.56 bits per heavy atom. The molecule has 5 nitrogen and oxygen atoms in total. The van der Waals surface area contributed by atoms with Crippen molar-refractivity contribution >= 4 is 11.6 Å². The van der Waals surface area contributed by atoms with Gasteiger partial charge in [0.2, 0.25) is 0 Å². The Kier molecular flexibility index (Phi) is 3.74. The van der Waals surface area contributed by atoms with Gasteiger partial charge >= 0.3 is 0 Å². The van der Waals surface area contributed by atoms with Crippen molar-refractivity contribution in [2.45, 2.75) is 6.92 Å². The molecule has 0 fully saturated rings.